The Kier molecular flexibility index (Phi) is 5.07. The second-order valence-electron chi connectivity index (χ2n) is 6.55. The van der Waals surface area contributed by atoms with Crippen molar-refractivity contribution in [2.75, 3.05) is 31.1 Å². The third-order valence-corrected chi connectivity index (χ3v) is 5.11. The number of halogens is 1. The number of rotatable bonds is 3. The summed E-state index contributed by atoms with van der Waals surface area (Å²) in [5.41, 5.74) is 3.68. The molecule has 1 fully saturated rings. The topological polar surface area (TPSA) is 36.4 Å². The van der Waals surface area contributed by atoms with Crippen molar-refractivity contribution >= 4 is 23.2 Å². The van der Waals surface area contributed by atoms with Crippen LogP contribution in [0.1, 0.15) is 10.4 Å². The fourth-order valence-corrected chi connectivity index (χ4v) is 3.62. The van der Waals surface area contributed by atoms with E-state index >= 15 is 0 Å². The van der Waals surface area contributed by atoms with Crippen LogP contribution in [0.4, 0.5) is 5.69 Å². The standard InChI is InChI=1S/C22H20ClN3O/c23-18-7-4-8-19(15-18)25-11-13-26(14-12-25)22(27)20-9-10-24-16-21(20)17-5-2-1-3-6-17/h1-10,15-16H,11-14H2. The molecule has 27 heavy (non-hydrogen) atoms. The number of aromatic nitrogens is 1. The van der Waals surface area contributed by atoms with Crippen molar-refractivity contribution in [2.45, 2.75) is 0 Å². The molecule has 0 unspecified atom stereocenters. The quantitative estimate of drug-likeness (QED) is 0.680. The van der Waals surface area contributed by atoms with Crippen LogP contribution in [0.5, 0.6) is 0 Å². The van der Waals surface area contributed by atoms with Gasteiger partial charge in [-0.15, -0.1) is 0 Å². The van der Waals surface area contributed by atoms with Crippen molar-refractivity contribution in [3.63, 3.8) is 0 Å². The van der Waals surface area contributed by atoms with Gasteiger partial charge in [0.1, 0.15) is 0 Å². The van der Waals surface area contributed by atoms with Crippen LogP contribution in [-0.2, 0) is 0 Å². The van der Waals surface area contributed by atoms with E-state index in [0.29, 0.717) is 18.7 Å². The first-order chi connectivity index (χ1) is 13.2. The van der Waals surface area contributed by atoms with E-state index in [9.17, 15) is 4.79 Å². The van der Waals surface area contributed by atoms with Crippen LogP contribution >= 0.6 is 11.6 Å². The summed E-state index contributed by atoms with van der Waals surface area (Å²) < 4.78 is 0. The summed E-state index contributed by atoms with van der Waals surface area (Å²) in [5, 5.41) is 0.732. The summed E-state index contributed by atoms with van der Waals surface area (Å²) in [4.78, 5) is 21.6. The lowest BCUT2D eigenvalue weighted by molar-refractivity contribution is 0.0747. The highest BCUT2D eigenvalue weighted by Crippen LogP contribution is 2.25. The normalized spacial score (nSPS) is 14.3. The Morgan fingerprint density at radius 1 is 0.926 bits per heavy atom. The Bertz CT molecular complexity index is 937. The summed E-state index contributed by atoms with van der Waals surface area (Å²) in [6.07, 6.45) is 3.45. The molecule has 1 amide bonds. The highest BCUT2D eigenvalue weighted by molar-refractivity contribution is 6.30. The molecule has 136 valence electrons. The van der Waals surface area contributed by atoms with E-state index < -0.39 is 0 Å². The number of benzene rings is 2. The molecule has 0 bridgehead atoms. The first-order valence-corrected chi connectivity index (χ1v) is 9.39. The van der Waals surface area contributed by atoms with E-state index in [0.717, 1.165) is 34.9 Å². The molecular weight excluding hydrogens is 358 g/mol. The maximum absolute atomic E-state index is 13.1. The Hall–Kier alpha value is -2.85. The predicted molar refractivity (Wildman–Crippen MR) is 109 cm³/mol. The van der Waals surface area contributed by atoms with E-state index in [4.69, 9.17) is 11.6 Å². The van der Waals surface area contributed by atoms with Crippen molar-refractivity contribution in [2.24, 2.45) is 0 Å². The Balaban J connectivity index is 1.51. The van der Waals surface area contributed by atoms with Gasteiger partial charge in [0, 0.05) is 54.8 Å². The Morgan fingerprint density at radius 2 is 1.70 bits per heavy atom. The SMILES string of the molecule is O=C(c1ccncc1-c1ccccc1)N1CCN(c2cccc(Cl)c2)CC1. The molecule has 1 aliphatic heterocycles. The number of amides is 1. The maximum Gasteiger partial charge on any atom is 0.254 e. The zero-order chi connectivity index (χ0) is 18.6. The van der Waals surface area contributed by atoms with Gasteiger partial charge in [-0.25, -0.2) is 0 Å². The molecule has 2 aromatic carbocycles. The molecule has 0 radical (unpaired) electrons. The van der Waals surface area contributed by atoms with Crippen LogP contribution in [0.2, 0.25) is 5.02 Å². The smallest absolute Gasteiger partial charge is 0.254 e. The van der Waals surface area contributed by atoms with Crippen LogP contribution in [0.25, 0.3) is 11.1 Å². The molecule has 5 heteroatoms. The molecule has 1 saturated heterocycles. The number of piperazine rings is 1. The second-order valence-corrected chi connectivity index (χ2v) is 6.98. The van der Waals surface area contributed by atoms with E-state index in [1.54, 1.807) is 12.4 Å². The zero-order valence-electron chi connectivity index (χ0n) is 14.9. The van der Waals surface area contributed by atoms with E-state index in [2.05, 4.69) is 16.0 Å². The summed E-state index contributed by atoms with van der Waals surface area (Å²) >= 11 is 6.10. The van der Waals surface area contributed by atoms with Gasteiger partial charge in [0.2, 0.25) is 0 Å². The molecule has 1 aliphatic rings. The maximum atomic E-state index is 13.1. The summed E-state index contributed by atoms with van der Waals surface area (Å²) in [6.45, 7) is 2.94. The van der Waals surface area contributed by atoms with Gasteiger partial charge in [0.25, 0.3) is 5.91 Å². The van der Waals surface area contributed by atoms with E-state index in [1.807, 2.05) is 59.5 Å². The van der Waals surface area contributed by atoms with E-state index in [1.165, 1.54) is 0 Å². The Labute approximate surface area is 164 Å². The summed E-state index contributed by atoms with van der Waals surface area (Å²) in [5.74, 6) is 0.0574. The highest BCUT2D eigenvalue weighted by atomic mass is 35.5. The van der Waals surface area contributed by atoms with Gasteiger partial charge >= 0.3 is 0 Å². The lowest BCUT2D eigenvalue weighted by atomic mass is 10.0. The second kappa shape index (κ2) is 7.80. The van der Waals surface area contributed by atoms with Crippen LogP contribution in [0.3, 0.4) is 0 Å². The summed E-state index contributed by atoms with van der Waals surface area (Å²) in [7, 11) is 0. The minimum absolute atomic E-state index is 0.0574. The highest BCUT2D eigenvalue weighted by Gasteiger charge is 2.24. The zero-order valence-corrected chi connectivity index (χ0v) is 15.6. The fraction of sp³-hybridized carbons (Fsp3) is 0.182. The van der Waals surface area contributed by atoms with E-state index in [-0.39, 0.29) is 5.91 Å². The van der Waals surface area contributed by atoms with Crippen LogP contribution < -0.4 is 4.90 Å². The van der Waals surface area contributed by atoms with Gasteiger partial charge < -0.3 is 9.80 Å². The molecule has 4 rings (SSSR count). The van der Waals surface area contributed by atoms with Gasteiger partial charge in [-0.2, -0.15) is 0 Å². The number of carbonyl (C=O) groups is 1. The molecular formula is C22H20ClN3O. The molecule has 2 heterocycles. The summed E-state index contributed by atoms with van der Waals surface area (Å²) in [6, 6.07) is 19.6. The lowest BCUT2D eigenvalue weighted by Crippen LogP contribution is -2.48. The van der Waals surface area contributed by atoms with Crippen molar-refractivity contribution < 1.29 is 4.79 Å². The van der Waals surface area contributed by atoms with Crippen molar-refractivity contribution in [1.29, 1.82) is 0 Å². The third kappa shape index (κ3) is 3.81. The van der Waals surface area contributed by atoms with Crippen molar-refractivity contribution in [1.82, 2.24) is 9.88 Å². The van der Waals surface area contributed by atoms with Gasteiger partial charge in [-0.1, -0.05) is 48.0 Å². The molecule has 0 spiro atoms. The lowest BCUT2D eigenvalue weighted by Gasteiger charge is -2.36. The predicted octanol–water partition coefficient (Wildman–Crippen LogP) is 4.36. The van der Waals surface area contributed by atoms with Crippen molar-refractivity contribution in [3.8, 4) is 11.1 Å². The van der Waals surface area contributed by atoms with Crippen LogP contribution in [0, 0.1) is 0 Å². The molecule has 3 aromatic rings. The number of nitrogens with zero attached hydrogens (tertiary/aromatic N) is 3. The molecule has 0 atom stereocenters. The van der Waals surface area contributed by atoms with Crippen LogP contribution in [-0.4, -0.2) is 42.0 Å². The number of anilines is 1. The molecule has 0 N–H and O–H groups in total. The fourth-order valence-electron chi connectivity index (χ4n) is 3.44. The largest absolute Gasteiger partial charge is 0.368 e. The van der Waals surface area contributed by atoms with Gasteiger partial charge in [0.15, 0.2) is 0 Å². The average Bonchev–Trinajstić information content (AvgIpc) is 2.74. The molecule has 1 aromatic heterocycles. The van der Waals surface area contributed by atoms with Gasteiger partial charge in [-0.05, 0) is 29.8 Å². The number of hydrogen-bond donors (Lipinski definition) is 0. The number of carbonyl (C=O) groups excluding carboxylic acids is 1. The van der Waals surface area contributed by atoms with Crippen molar-refractivity contribution in [3.05, 3.63) is 83.6 Å². The first kappa shape index (κ1) is 17.6. The molecule has 0 saturated carbocycles. The first-order valence-electron chi connectivity index (χ1n) is 9.01. The van der Waals surface area contributed by atoms with Gasteiger partial charge in [-0.3, -0.25) is 9.78 Å². The minimum Gasteiger partial charge on any atom is -0.368 e. The molecule has 4 nitrogen and oxygen atoms in total. The van der Waals surface area contributed by atoms with Gasteiger partial charge in [0.05, 0.1) is 5.56 Å². The third-order valence-electron chi connectivity index (χ3n) is 4.88. The number of pyridine rings is 1. The Morgan fingerprint density at radius 3 is 2.44 bits per heavy atom. The monoisotopic (exact) mass is 377 g/mol. The minimum atomic E-state index is 0.0574. The number of hydrogen-bond acceptors (Lipinski definition) is 3. The average molecular weight is 378 g/mol. The molecule has 0 aliphatic carbocycles. The van der Waals surface area contributed by atoms with Crippen LogP contribution in [0.15, 0.2) is 73.1 Å².